The van der Waals surface area contributed by atoms with Gasteiger partial charge in [0.25, 0.3) is 5.91 Å². The van der Waals surface area contributed by atoms with Crippen molar-refractivity contribution in [3.05, 3.63) is 35.9 Å². The molecule has 1 amide bonds. The van der Waals surface area contributed by atoms with E-state index < -0.39 is 6.10 Å². The Morgan fingerprint density at radius 1 is 1.41 bits per heavy atom. The lowest BCUT2D eigenvalue weighted by Crippen LogP contribution is -2.37. The molecule has 0 fully saturated rings. The average Bonchev–Trinajstić information content (AvgIpc) is 2.31. The lowest BCUT2D eigenvalue weighted by molar-refractivity contribution is -0.132. The maximum absolute atomic E-state index is 11.9. The van der Waals surface area contributed by atoms with Crippen molar-refractivity contribution < 1.29 is 14.6 Å². The average molecular weight is 237 g/mol. The van der Waals surface area contributed by atoms with Crippen LogP contribution in [0, 0.1) is 0 Å². The molecule has 1 aromatic rings. The molecule has 0 heterocycles. The highest BCUT2D eigenvalue weighted by Gasteiger charge is 2.20. The summed E-state index contributed by atoms with van der Waals surface area (Å²) in [4.78, 5) is 11.9. The van der Waals surface area contributed by atoms with Gasteiger partial charge >= 0.3 is 0 Å². The first-order valence-electron chi connectivity index (χ1n) is 5.68. The number of hydrogen-bond acceptors (Lipinski definition) is 3. The number of rotatable bonds is 6. The summed E-state index contributed by atoms with van der Waals surface area (Å²) in [5.74, 6) is -0.181. The van der Waals surface area contributed by atoms with E-state index in [0.717, 1.165) is 5.56 Å². The largest absolute Gasteiger partial charge is 0.396 e. The number of benzene rings is 1. The zero-order valence-corrected chi connectivity index (χ0v) is 10.2. The van der Waals surface area contributed by atoms with Crippen molar-refractivity contribution in [3.8, 4) is 0 Å². The molecule has 1 aromatic carbocycles. The number of carbonyl (C=O) groups is 1. The van der Waals surface area contributed by atoms with Crippen molar-refractivity contribution in [2.75, 3.05) is 13.7 Å². The zero-order valence-electron chi connectivity index (χ0n) is 10.2. The van der Waals surface area contributed by atoms with E-state index in [2.05, 4.69) is 5.32 Å². The van der Waals surface area contributed by atoms with Gasteiger partial charge in [0.2, 0.25) is 0 Å². The summed E-state index contributed by atoms with van der Waals surface area (Å²) in [7, 11) is 1.51. The summed E-state index contributed by atoms with van der Waals surface area (Å²) in [6, 6.07) is 9.27. The van der Waals surface area contributed by atoms with Gasteiger partial charge in [0.15, 0.2) is 6.10 Å². The van der Waals surface area contributed by atoms with Crippen LogP contribution in [0.15, 0.2) is 30.3 Å². The Bertz CT molecular complexity index is 340. The standard InChI is InChI=1S/C13H19NO3/c1-10(8-9-15)14-13(16)12(17-2)11-6-4-3-5-7-11/h3-7,10,12,15H,8-9H2,1-2H3,(H,14,16). The molecule has 2 unspecified atom stereocenters. The molecule has 94 valence electrons. The fourth-order valence-corrected chi connectivity index (χ4v) is 1.61. The van der Waals surface area contributed by atoms with Gasteiger partial charge in [0, 0.05) is 19.8 Å². The number of ether oxygens (including phenoxy) is 1. The summed E-state index contributed by atoms with van der Waals surface area (Å²) < 4.78 is 5.20. The molecule has 2 atom stereocenters. The lowest BCUT2D eigenvalue weighted by Gasteiger charge is -2.19. The molecule has 2 N–H and O–H groups in total. The monoisotopic (exact) mass is 237 g/mol. The van der Waals surface area contributed by atoms with Crippen molar-refractivity contribution in [1.82, 2.24) is 5.32 Å². The summed E-state index contributed by atoms with van der Waals surface area (Å²) >= 11 is 0. The van der Waals surface area contributed by atoms with E-state index in [9.17, 15) is 4.79 Å². The second kappa shape index (κ2) is 7.04. The molecular formula is C13H19NO3. The molecule has 0 spiro atoms. The quantitative estimate of drug-likeness (QED) is 0.783. The minimum absolute atomic E-state index is 0.0600. The van der Waals surface area contributed by atoms with E-state index in [1.54, 1.807) is 0 Å². The lowest BCUT2D eigenvalue weighted by atomic mass is 10.1. The molecule has 0 aromatic heterocycles. The van der Waals surface area contributed by atoms with Crippen LogP contribution in [-0.2, 0) is 9.53 Å². The molecule has 0 aliphatic heterocycles. The van der Waals surface area contributed by atoms with Gasteiger partial charge in [0.05, 0.1) is 0 Å². The van der Waals surface area contributed by atoms with E-state index in [4.69, 9.17) is 9.84 Å². The SMILES string of the molecule is COC(C(=O)NC(C)CCO)c1ccccc1. The Kier molecular flexibility index (Phi) is 5.66. The maximum atomic E-state index is 11.9. The van der Waals surface area contributed by atoms with E-state index in [1.807, 2.05) is 37.3 Å². The van der Waals surface area contributed by atoms with Crippen LogP contribution < -0.4 is 5.32 Å². The van der Waals surface area contributed by atoms with E-state index in [1.165, 1.54) is 7.11 Å². The van der Waals surface area contributed by atoms with Crippen LogP contribution in [0.2, 0.25) is 0 Å². The second-order valence-electron chi connectivity index (χ2n) is 3.95. The molecule has 4 heteroatoms. The maximum Gasteiger partial charge on any atom is 0.253 e. The molecule has 0 aliphatic rings. The number of methoxy groups -OCH3 is 1. The number of nitrogens with one attached hydrogen (secondary N) is 1. The smallest absolute Gasteiger partial charge is 0.253 e. The first kappa shape index (κ1) is 13.7. The minimum Gasteiger partial charge on any atom is -0.396 e. The fraction of sp³-hybridized carbons (Fsp3) is 0.462. The summed E-state index contributed by atoms with van der Waals surface area (Å²) in [6.45, 7) is 1.91. The molecule has 0 radical (unpaired) electrons. The first-order valence-corrected chi connectivity index (χ1v) is 5.68. The second-order valence-corrected chi connectivity index (χ2v) is 3.95. The zero-order chi connectivity index (χ0) is 12.7. The van der Waals surface area contributed by atoms with Gasteiger partial charge in [-0.25, -0.2) is 0 Å². The number of carbonyl (C=O) groups excluding carboxylic acids is 1. The molecule has 0 saturated heterocycles. The molecule has 0 saturated carbocycles. The summed E-state index contributed by atoms with van der Waals surface area (Å²) in [6.07, 6.45) is -0.0610. The highest BCUT2D eigenvalue weighted by atomic mass is 16.5. The number of amides is 1. The highest BCUT2D eigenvalue weighted by Crippen LogP contribution is 2.16. The van der Waals surface area contributed by atoms with Crippen molar-refractivity contribution in [3.63, 3.8) is 0 Å². The topological polar surface area (TPSA) is 58.6 Å². The number of aliphatic hydroxyl groups is 1. The first-order chi connectivity index (χ1) is 8.19. The van der Waals surface area contributed by atoms with Gasteiger partial charge in [-0.1, -0.05) is 30.3 Å². The van der Waals surface area contributed by atoms with Gasteiger partial charge in [-0.15, -0.1) is 0 Å². The van der Waals surface area contributed by atoms with Gasteiger partial charge in [-0.2, -0.15) is 0 Å². The third-order valence-corrected chi connectivity index (χ3v) is 2.53. The summed E-state index contributed by atoms with van der Waals surface area (Å²) in [5, 5.41) is 11.6. The van der Waals surface area contributed by atoms with Gasteiger partial charge in [-0.3, -0.25) is 4.79 Å². The predicted molar refractivity (Wildman–Crippen MR) is 65.5 cm³/mol. The Morgan fingerprint density at radius 2 is 2.06 bits per heavy atom. The molecule has 4 nitrogen and oxygen atoms in total. The third kappa shape index (κ3) is 4.17. The molecular weight excluding hydrogens is 218 g/mol. The Labute approximate surface area is 102 Å². The normalized spacial score (nSPS) is 14.1. The van der Waals surface area contributed by atoms with Crippen LogP contribution >= 0.6 is 0 Å². The van der Waals surface area contributed by atoms with Crippen LogP contribution in [0.1, 0.15) is 25.0 Å². The van der Waals surface area contributed by atoms with Gasteiger partial charge in [-0.05, 0) is 18.9 Å². The minimum atomic E-state index is -0.600. The van der Waals surface area contributed by atoms with Crippen molar-refractivity contribution in [2.24, 2.45) is 0 Å². The van der Waals surface area contributed by atoms with Crippen LogP contribution in [0.5, 0.6) is 0 Å². The van der Waals surface area contributed by atoms with Crippen molar-refractivity contribution in [2.45, 2.75) is 25.5 Å². The molecule has 0 bridgehead atoms. The molecule has 1 rings (SSSR count). The van der Waals surface area contributed by atoms with Crippen molar-refractivity contribution in [1.29, 1.82) is 0 Å². The van der Waals surface area contributed by atoms with Crippen molar-refractivity contribution >= 4 is 5.91 Å². The van der Waals surface area contributed by atoms with Crippen LogP contribution in [0.4, 0.5) is 0 Å². The fourth-order valence-electron chi connectivity index (χ4n) is 1.61. The predicted octanol–water partition coefficient (Wildman–Crippen LogP) is 1.26. The van der Waals surface area contributed by atoms with E-state index in [-0.39, 0.29) is 18.6 Å². The van der Waals surface area contributed by atoms with Gasteiger partial charge < -0.3 is 15.2 Å². The number of aliphatic hydroxyl groups excluding tert-OH is 1. The molecule has 17 heavy (non-hydrogen) atoms. The van der Waals surface area contributed by atoms with E-state index >= 15 is 0 Å². The Balaban J connectivity index is 2.65. The number of hydrogen-bond donors (Lipinski definition) is 2. The highest BCUT2D eigenvalue weighted by molar-refractivity contribution is 5.82. The Hall–Kier alpha value is -1.39. The van der Waals surface area contributed by atoms with Crippen LogP contribution in [0.25, 0.3) is 0 Å². The van der Waals surface area contributed by atoms with Crippen LogP contribution in [0.3, 0.4) is 0 Å². The van der Waals surface area contributed by atoms with E-state index in [0.29, 0.717) is 6.42 Å². The third-order valence-electron chi connectivity index (χ3n) is 2.53. The summed E-state index contributed by atoms with van der Waals surface area (Å²) in [5.41, 5.74) is 0.823. The van der Waals surface area contributed by atoms with Gasteiger partial charge in [0.1, 0.15) is 0 Å². The molecule has 0 aliphatic carbocycles. The Morgan fingerprint density at radius 3 is 2.59 bits per heavy atom. The van der Waals surface area contributed by atoms with Crippen LogP contribution in [-0.4, -0.2) is 30.8 Å².